The molecule has 2 aromatic rings. The van der Waals surface area contributed by atoms with Crippen LogP contribution < -0.4 is 16.2 Å². The van der Waals surface area contributed by atoms with Gasteiger partial charge in [-0.05, 0) is 0 Å². The van der Waals surface area contributed by atoms with Crippen molar-refractivity contribution in [2.45, 2.75) is 17.3 Å². The van der Waals surface area contributed by atoms with Gasteiger partial charge in [-0.25, -0.2) is 5.84 Å². The summed E-state index contributed by atoms with van der Waals surface area (Å²) in [5.41, 5.74) is 2.44. The van der Waals surface area contributed by atoms with E-state index in [0.717, 1.165) is 24.9 Å². The fourth-order valence-corrected chi connectivity index (χ4v) is 2.42. The molecule has 0 atom stereocenters. The van der Waals surface area contributed by atoms with Gasteiger partial charge in [0.05, 0.1) is 13.2 Å². The minimum absolute atomic E-state index is 0.283. The molecule has 0 radical (unpaired) electrons. The van der Waals surface area contributed by atoms with Gasteiger partial charge in [0.25, 0.3) is 5.22 Å². The van der Waals surface area contributed by atoms with Crippen LogP contribution >= 0.6 is 11.8 Å². The molecular formula is C10H14N8O2S. The van der Waals surface area contributed by atoms with Gasteiger partial charge in [-0.1, -0.05) is 0 Å². The van der Waals surface area contributed by atoms with Gasteiger partial charge in [-0.3, -0.25) is 5.43 Å². The highest BCUT2D eigenvalue weighted by Crippen LogP contribution is 2.25. The number of aryl methyl sites for hydroxylation is 1. The SMILES string of the molecule is Cc1nnc(Sc2nc(NN)nc(N3CCOCC3)n2)o1. The Labute approximate surface area is 124 Å². The first-order valence-corrected chi connectivity index (χ1v) is 7.09. The van der Waals surface area contributed by atoms with E-state index in [-0.39, 0.29) is 5.95 Å². The normalized spacial score (nSPS) is 15.2. The molecule has 112 valence electrons. The van der Waals surface area contributed by atoms with Crippen molar-refractivity contribution in [3.05, 3.63) is 5.89 Å². The third-order valence-electron chi connectivity index (χ3n) is 2.71. The van der Waals surface area contributed by atoms with Crippen molar-refractivity contribution in [2.24, 2.45) is 5.84 Å². The van der Waals surface area contributed by atoms with Crippen molar-refractivity contribution in [3.63, 3.8) is 0 Å². The number of hydrogen-bond donors (Lipinski definition) is 2. The Bertz CT molecular complexity index is 615. The molecule has 0 aliphatic carbocycles. The zero-order valence-electron chi connectivity index (χ0n) is 11.3. The number of rotatable bonds is 4. The van der Waals surface area contributed by atoms with Crippen LogP contribution in [0.15, 0.2) is 14.8 Å². The first-order valence-electron chi connectivity index (χ1n) is 6.28. The molecule has 0 unspecified atom stereocenters. The Balaban J connectivity index is 1.85. The predicted molar refractivity (Wildman–Crippen MR) is 73.8 cm³/mol. The Morgan fingerprint density at radius 1 is 1.19 bits per heavy atom. The van der Waals surface area contributed by atoms with E-state index in [4.69, 9.17) is 15.0 Å². The summed E-state index contributed by atoms with van der Waals surface area (Å²) in [5, 5.41) is 8.46. The van der Waals surface area contributed by atoms with Crippen LogP contribution in [0.4, 0.5) is 11.9 Å². The number of anilines is 2. The summed E-state index contributed by atoms with van der Waals surface area (Å²) in [5.74, 6) is 6.72. The van der Waals surface area contributed by atoms with Crippen LogP contribution in [-0.2, 0) is 4.74 Å². The van der Waals surface area contributed by atoms with Crippen LogP contribution in [0.2, 0.25) is 0 Å². The highest BCUT2D eigenvalue weighted by Gasteiger charge is 2.18. The van der Waals surface area contributed by atoms with E-state index in [9.17, 15) is 0 Å². The zero-order chi connectivity index (χ0) is 14.7. The van der Waals surface area contributed by atoms with Gasteiger partial charge in [-0.2, -0.15) is 15.0 Å². The maximum Gasteiger partial charge on any atom is 0.284 e. The molecule has 11 heteroatoms. The lowest BCUT2D eigenvalue weighted by molar-refractivity contribution is 0.122. The number of nitrogens with two attached hydrogens (primary N) is 1. The second-order valence-electron chi connectivity index (χ2n) is 4.17. The van der Waals surface area contributed by atoms with Crippen LogP contribution in [0.3, 0.4) is 0 Å². The second-order valence-corrected chi connectivity index (χ2v) is 5.09. The van der Waals surface area contributed by atoms with Gasteiger partial charge in [0.15, 0.2) is 0 Å². The maximum atomic E-state index is 5.41. The average molecular weight is 310 g/mol. The Morgan fingerprint density at radius 3 is 2.67 bits per heavy atom. The number of morpholine rings is 1. The fraction of sp³-hybridized carbons (Fsp3) is 0.500. The molecule has 3 rings (SSSR count). The molecule has 0 aromatic carbocycles. The Hall–Kier alpha value is -1.98. The molecule has 0 amide bonds. The van der Waals surface area contributed by atoms with E-state index in [0.29, 0.717) is 35.4 Å². The standard InChI is InChI=1S/C10H14N8O2S/c1-6-16-17-10(20-6)21-9-13-7(15-11)12-8(14-9)18-2-4-19-5-3-18/h2-5,11H2,1H3,(H,12,13,14,15). The number of nitrogens with zero attached hydrogens (tertiary/aromatic N) is 6. The number of aromatic nitrogens is 5. The molecule has 0 saturated carbocycles. The number of ether oxygens (including phenoxy) is 1. The van der Waals surface area contributed by atoms with Gasteiger partial charge in [0.1, 0.15) is 0 Å². The lowest BCUT2D eigenvalue weighted by Crippen LogP contribution is -2.37. The van der Waals surface area contributed by atoms with E-state index in [2.05, 4.69) is 30.6 Å². The molecule has 1 aliphatic heterocycles. The molecule has 1 aliphatic rings. The lowest BCUT2D eigenvalue weighted by atomic mass is 10.4. The number of hydrogen-bond acceptors (Lipinski definition) is 11. The van der Waals surface area contributed by atoms with Crippen molar-refractivity contribution in [3.8, 4) is 0 Å². The van der Waals surface area contributed by atoms with E-state index < -0.39 is 0 Å². The molecule has 3 N–H and O–H groups in total. The van der Waals surface area contributed by atoms with Crippen LogP contribution in [0.5, 0.6) is 0 Å². The van der Waals surface area contributed by atoms with Crippen LogP contribution in [0.25, 0.3) is 0 Å². The van der Waals surface area contributed by atoms with Crippen LogP contribution in [0.1, 0.15) is 5.89 Å². The van der Waals surface area contributed by atoms with E-state index >= 15 is 0 Å². The third-order valence-corrected chi connectivity index (χ3v) is 3.42. The minimum Gasteiger partial charge on any atom is -0.416 e. The average Bonchev–Trinajstić information content (AvgIpc) is 2.93. The van der Waals surface area contributed by atoms with Gasteiger partial charge >= 0.3 is 0 Å². The highest BCUT2D eigenvalue weighted by atomic mass is 32.2. The number of nitrogen functional groups attached to an aromatic ring is 1. The lowest BCUT2D eigenvalue weighted by Gasteiger charge is -2.26. The minimum atomic E-state index is 0.283. The molecule has 0 bridgehead atoms. The largest absolute Gasteiger partial charge is 0.416 e. The smallest absolute Gasteiger partial charge is 0.284 e. The summed E-state index contributed by atoms with van der Waals surface area (Å²) in [6.07, 6.45) is 0. The van der Waals surface area contributed by atoms with Gasteiger partial charge in [0, 0.05) is 31.8 Å². The fourth-order valence-electron chi connectivity index (χ4n) is 1.76. The molecule has 10 nitrogen and oxygen atoms in total. The highest BCUT2D eigenvalue weighted by molar-refractivity contribution is 7.98. The first kappa shape index (κ1) is 14.0. The zero-order valence-corrected chi connectivity index (χ0v) is 12.1. The van der Waals surface area contributed by atoms with Crippen molar-refractivity contribution in [1.29, 1.82) is 0 Å². The molecule has 3 heterocycles. The van der Waals surface area contributed by atoms with Crippen LogP contribution in [-0.4, -0.2) is 51.5 Å². The van der Waals surface area contributed by atoms with Crippen molar-refractivity contribution >= 4 is 23.7 Å². The molecule has 1 fully saturated rings. The van der Waals surface area contributed by atoms with Crippen LogP contribution in [0, 0.1) is 6.92 Å². The number of nitrogens with one attached hydrogen (secondary N) is 1. The molecule has 2 aromatic heterocycles. The number of hydrazine groups is 1. The summed E-state index contributed by atoms with van der Waals surface area (Å²) in [7, 11) is 0. The summed E-state index contributed by atoms with van der Waals surface area (Å²) < 4.78 is 10.6. The summed E-state index contributed by atoms with van der Waals surface area (Å²) in [6, 6.07) is 0. The van der Waals surface area contributed by atoms with Crippen molar-refractivity contribution < 1.29 is 9.15 Å². The topological polar surface area (TPSA) is 128 Å². The summed E-state index contributed by atoms with van der Waals surface area (Å²) in [6.45, 7) is 4.44. The summed E-state index contributed by atoms with van der Waals surface area (Å²) >= 11 is 1.16. The predicted octanol–water partition coefficient (Wildman–Crippen LogP) is -0.164. The van der Waals surface area contributed by atoms with Crippen molar-refractivity contribution in [2.75, 3.05) is 36.6 Å². The van der Waals surface area contributed by atoms with E-state index in [1.54, 1.807) is 6.92 Å². The molecular weight excluding hydrogens is 296 g/mol. The van der Waals surface area contributed by atoms with E-state index in [1.807, 2.05) is 4.90 Å². The monoisotopic (exact) mass is 310 g/mol. The molecule has 0 spiro atoms. The first-order chi connectivity index (χ1) is 10.2. The maximum absolute atomic E-state index is 5.41. The third kappa shape index (κ3) is 3.37. The Kier molecular flexibility index (Phi) is 4.13. The van der Waals surface area contributed by atoms with Crippen molar-refractivity contribution in [1.82, 2.24) is 25.1 Å². The van der Waals surface area contributed by atoms with Gasteiger partial charge < -0.3 is 14.1 Å². The molecule has 21 heavy (non-hydrogen) atoms. The molecule has 1 saturated heterocycles. The van der Waals surface area contributed by atoms with Gasteiger partial charge in [-0.15, -0.1) is 10.2 Å². The quantitative estimate of drug-likeness (QED) is 0.577. The van der Waals surface area contributed by atoms with E-state index in [1.165, 1.54) is 0 Å². The second kappa shape index (κ2) is 6.20. The summed E-state index contributed by atoms with van der Waals surface area (Å²) in [4.78, 5) is 14.8. The Morgan fingerprint density at radius 2 is 2.00 bits per heavy atom. The van der Waals surface area contributed by atoms with Gasteiger partial charge in [0.2, 0.25) is 22.9 Å².